The van der Waals surface area contributed by atoms with E-state index in [1.54, 1.807) is 24.3 Å². The third kappa shape index (κ3) is 10.4. The Bertz CT molecular complexity index is 1030. The van der Waals surface area contributed by atoms with Crippen molar-refractivity contribution in [2.24, 2.45) is 10.2 Å². The fraction of sp³-hybridized carbons (Fsp3) is 0.387. The molecule has 0 saturated heterocycles. The maximum Gasteiger partial charge on any atom is 0.255 e. The first-order valence-electron chi connectivity index (χ1n) is 13.4. The van der Waals surface area contributed by atoms with E-state index in [0.29, 0.717) is 11.3 Å². The SMILES string of the molecule is CCCCCCCCCCCCOc1ccc(N=Nc2ccc(C(=O)Nc3ccccc3)cc2)cc1. The third-order valence-electron chi connectivity index (χ3n) is 6.05. The van der Waals surface area contributed by atoms with Gasteiger partial charge in [0.2, 0.25) is 0 Å². The number of carbonyl (C=O) groups is 1. The second-order valence-electron chi connectivity index (χ2n) is 9.09. The van der Waals surface area contributed by atoms with Gasteiger partial charge >= 0.3 is 0 Å². The number of azo groups is 1. The van der Waals surface area contributed by atoms with Gasteiger partial charge in [-0.1, -0.05) is 82.9 Å². The molecule has 0 saturated carbocycles. The van der Waals surface area contributed by atoms with Crippen LogP contribution in [0.5, 0.6) is 5.75 Å². The molecule has 0 atom stereocenters. The lowest BCUT2D eigenvalue weighted by molar-refractivity contribution is 0.102. The molecule has 0 aromatic heterocycles. The lowest BCUT2D eigenvalue weighted by Gasteiger charge is -2.06. The van der Waals surface area contributed by atoms with E-state index in [2.05, 4.69) is 22.5 Å². The molecule has 0 bridgehead atoms. The zero-order valence-corrected chi connectivity index (χ0v) is 21.5. The topological polar surface area (TPSA) is 63.1 Å². The highest BCUT2D eigenvalue weighted by molar-refractivity contribution is 6.04. The van der Waals surface area contributed by atoms with Gasteiger partial charge in [0.1, 0.15) is 5.75 Å². The summed E-state index contributed by atoms with van der Waals surface area (Å²) >= 11 is 0. The largest absolute Gasteiger partial charge is 0.494 e. The Hall–Kier alpha value is -3.47. The van der Waals surface area contributed by atoms with Crippen LogP contribution >= 0.6 is 0 Å². The lowest BCUT2D eigenvalue weighted by Crippen LogP contribution is -2.11. The fourth-order valence-electron chi connectivity index (χ4n) is 3.91. The molecule has 1 amide bonds. The smallest absolute Gasteiger partial charge is 0.255 e. The minimum atomic E-state index is -0.155. The lowest BCUT2D eigenvalue weighted by atomic mass is 10.1. The fourth-order valence-corrected chi connectivity index (χ4v) is 3.91. The molecule has 190 valence electrons. The highest BCUT2D eigenvalue weighted by Crippen LogP contribution is 2.22. The van der Waals surface area contributed by atoms with Crippen LogP contribution in [0.1, 0.15) is 81.5 Å². The third-order valence-corrected chi connectivity index (χ3v) is 6.05. The van der Waals surface area contributed by atoms with E-state index in [1.165, 1.54) is 57.8 Å². The summed E-state index contributed by atoms with van der Waals surface area (Å²) in [6.45, 7) is 3.02. The Balaban J connectivity index is 1.32. The molecule has 0 fully saturated rings. The predicted molar refractivity (Wildman–Crippen MR) is 149 cm³/mol. The summed E-state index contributed by atoms with van der Waals surface area (Å²) in [4.78, 5) is 12.4. The quantitative estimate of drug-likeness (QED) is 0.162. The van der Waals surface area contributed by atoms with E-state index >= 15 is 0 Å². The van der Waals surface area contributed by atoms with Crippen LogP contribution in [0, 0.1) is 0 Å². The zero-order valence-electron chi connectivity index (χ0n) is 21.5. The number of rotatable bonds is 16. The molecular formula is C31H39N3O2. The van der Waals surface area contributed by atoms with E-state index in [0.717, 1.165) is 30.2 Å². The first-order valence-corrected chi connectivity index (χ1v) is 13.4. The monoisotopic (exact) mass is 485 g/mol. The van der Waals surface area contributed by atoms with Crippen LogP contribution in [0.15, 0.2) is 89.1 Å². The number of benzene rings is 3. The molecule has 0 radical (unpaired) electrons. The van der Waals surface area contributed by atoms with Crippen LogP contribution in [-0.2, 0) is 0 Å². The molecule has 5 heteroatoms. The van der Waals surface area contributed by atoms with E-state index < -0.39 is 0 Å². The van der Waals surface area contributed by atoms with Crippen molar-refractivity contribution in [1.82, 2.24) is 0 Å². The second-order valence-corrected chi connectivity index (χ2v) is 9.09. The van der Waals surface area contributed by atoms with Gasteiger partial charge < -0.3 is 10.1 Å². The van der Waals surface area contributed by atoms with Gasteiger partial charge in [-0.25, -0.2) is 0 Å². The molecule has 3 aromatic rings. The van der Waals surface area contributed by atoms with Gasteiger partial charge in [-0.05, 0) is 67.1 Å². The molecule has 36 heavy (non-hydrogen) atoms. The Morgan fingerprint density at radius 3 is 1.78 bits per heavy atom. The number of hydrogen-bond acceptors (Lipinski definition) is 4. The molecule has 0 aliphatic rings. The van der Waals surface area contributed by atoms with E-state index in [-0.39, 0.29) is 5.91 Å². The van der Waals surface area contributed by atoms with Gasteiger partial charge in [-0.2, -0.15) is 10.2 Å². The van der Waals surface area contributed by atoms with Gasteiger partial charge in [-0.3, -0.25) is 4.79 Å². The van der Waals surface area contributed by atoms with Crippen molar-refractivity contribution >= 4 is 23.0 Å². The number of amides is 1. The molecule has 0 aliphatic carbocycles. The minimum Gasteiger partial charge on any atom is -0.494 e. The molecule has 3 aromatic carbocycles. The normalized spacial score (nSPS) is 11.0. The maximum atomic E-state index is 12.4. The van der Waals surface area contributed by atoms with Crippen LogP contribution in [0.3, 0.4) is 0 Å². The molecule has 3 rings (SSSR count). The molecule has 0 spiro atoms. The van der Waals surface area contributed by atoms with Gasteiger partial charge in [0.25, 0.3) is 5.91 Å². The van der Waals surface area contributed by atoms with Crippen molar-refractivity contribution in [3.05, 3.63) is 84.4 Å². The van der Waals surface area contributed by atoms with Crippen LogP contribution in [0.25, 0.3) is 0 Å². The first-order chi connectivity index (χ1) is 17.7. The summed E-state index contributed by atoms with van der Waals surface area (Å²) in [5.74, 6) is 0.705. The highest BCUT2D eigenvalue weighted by atomic mass is 16.5. The number of hydrogen-bond donors (Lipinski definition) is 1. The van der Waals surface area contributed by atoms with Crippen LogP contribution in [0.2, 0.25) is 0 Å². The molecule has 0 aliphatic heterocycles. The second kappa shape index (κ2) is 16.2. The zero-order chi connectivity index (χ0) is 25.3. The number of nitrogens with one attached hydrogen (secondary N) is 1. The summed E-state index contributed by atoms with van der Waals surface area (Å²) < 4.78 is 5.86. The minimum absolute atomic E-state index is 0.155. The van der Waals surface area contributed by atoms with Crippen LogP contribution in [0.4, 0.5) is 17.1 Å². The summed E-state index contributed by atoms with van der Waals surface area (Å²) in [5, 5.41) is 11.4. The van der Waals surface area contributed by atoms with E-state index in [1.807, 2.05) is 54.6 Å². The Kier molecular flexibility index (Phi) is 12.2. The average molecular weight is 486 g/mol. The Labute approximate surface area is 216 Å². The predicted octanol–water partition coefficient (Wildman–Crippen LogP) is 9.65. The molecule has 5 nitrogen and oxygen atoms in total. The van der Waals surface area contributed by atoms with Gasteiger partial charge in [0, 0.05) is 11.3 Å². The van der Waals surface area contributed by atoms with Crippen LogP contribution < -0.4 is 10.1 Å². The standard InChI is InChI=1S/C31H39N3O2/c1-2-3-4-5-6-7-8-9-10-14-25-36-30-23-21-29(22-24-30)34-33-28-19-17-26(18-20-28)31(35)32-27-15-12-11-13-16-27/h11-13,15-24H,2-10,14,25H2,1H3,(H,32,35). The highest BCUT2D eigenvalue weighted by Gasteiger charge is 2.05. The summed E-state index contributed by atoms with van der Waals surface area (Å²) in [6, 6.07) is 24.1. The number of unbranched alkanes of at least 4 members (excludes halogenated alkanes) is 9. The molecular weight excluding hydrogens is 446 g/mol. The van der Waals surface area contributed by atoms with Gasteiger partial charge in [0.05, 0.1) is 18.0 Å². The summed E-state index contributed by atoms with van der Waals surface area (Å²) in [5.41, 5.74) is 2.78. The number of ether oxygens (including phenoxy) is 1. The van der Waals surface area contributed by atoms with Gasteiger partial charge in [-0.15, -0.1) is 0 Å². The number of anilines is 1. The Morgan fingerprint density at radius 2 is 1.19 bits per heavy atom. The average Bonchev–Trinajstić information content (AvgIpc) is 2.92. The summed E-state index contributed by atoms with van der Waals surface area (Å²) in [7, 11) is 0. The molecule has 0 unspecified atom stereocenters. The van der Waals surface area contributed by atoms with Crippen molar-refractivity contribution in [2.45, 2.75) is 71.1 Å². The van der Waals surface area contributed by atoms with E-state index in [9.17, 15) is 4.79 Å². The van der Waals surface area contributed by atoms with Crippen molar-refractivity contribution < 1.29 is 9.53 Å². The van der Waals surface area contributed by atoms with Crippen LogP contribution in [-0.4, -0.2) is 12.5 Å². The molecule has 1 N–H and O–H groups in total. The van der Waals surface area contributed by atoms with Gasteiger partial charge in [0.15, 0.2) is 0 Å². The van der Waals surface area contributed by atoms with E-state index in [4.69, 9.17) is 4.74 Å². The number of carbonyl (C=O) groups excluding carboxylic acids is 1. The number of nitrogens with zero attached hydrogens (tertiary/aromatic N) is 2. The van der Waals surface area contributed by atoms with Crippen molar-refractivity contribution in [3.8, 4) is 5.75 Å². The molecule has 0 heterocycles. The van der Waals surface area contributed by atoms with Crippen molar-refractivity contribution in [3.63, 3.8) is 0 Å². The number of para-hydroxylation sites is 1. The van der Waals surface area contributed by atoms with Crippen molar-refractivity contribution in [2.75, 3.05) is 11.9 Å². The Morgan fingerprint density at radius 1 is 0.667 bits per heavy atom. The maximum absolute atomic E-state index is 12.4. The summed E-state index contributed by atoms with van der Waals surface area (Å²) in [6.07, 6.45) is 13.2. The first kappa shape index (κ1) is 27.1. The van der Waals surface area contributed by atoms with Crippen molar-refractivity contribution in [1.29, 1.82) is 0 Å².